The topological polar surface area (TPSA) is 7.12 Å². The third-order valence-electron chi connectivity index (χ3n) is 2.36. The zero-order valence-electron chi connectivity index (χ0n) is 7.69. The van der Waals surface area contributed by atoms with E-state index in [1.54, 1.807) is 0 Å². The van der Waals surface area contributed by atoms with E-state index in [2.05, 4.69) is 40.3 Å². The van der Waals surface area contributed by atoms with Crippen molar-refractivity contribution in [2.24, 2.45) is 0 Å². The quantitative estimate of drug-likeness (QED) is 0.479. The number of hydrogen-bond acceptors (Lipinski definition) is 1. The van der Waals surface area contributed by atoms with Crippen LogP contribution in [0.2, 0.25) is 0 Å². The molecule has 0 aliphatic carbocycles. The second-order valence-corrected chi connectivity index (χ2v) is 3.27. The number of hydrogen-bond donors (Lipinski definition) is 0. The van der Waals surface area contributed by atoms with E-state index in [4.69, 9.17) is 0 Å². The lowest BCUT2D eigenvalue weighted by Gasteiger charge is -2.21. The minimum absolute atomic E-state index is 0. The van der Waals surface area contributed by atoms with E-state index in [9.17, 15) is 0 Å². The molecule has 0 radical (unpaired) electrons. The predicted octanol–water partition coefficient (Wildman–Crippen LogP) is -1.90. The van der Waals surface area contributed by atoms with Crippen molar-refractivity contribution in [3.05, 3.63) is 30.6 Å². The maximum Gasteiger partial charge on any atom is 0.199 e. The van der Waals surface area contributed by atoms with Crippen LogP contribution in [-0.2, 0) is 0 Å². The molecular formula is C10H15ClN2. The molecule has 0 saturated carbocycles. The first-order valence-electron chi connectivity index (χ1n) is 4.68. The van der Waals surface area contributed by atoms with Gasteiger partial charge in [-0.05, 0) is 19.3 Å². The molecule has 0 spiro atoms. The van der Waals surface area contributed by atoms with Crippen LogP contribution < -0.4 is 22.1 Å². The molecule has 2 rings (SSSR count). The SMILES string of the molecule is [Cl-].c1cc[n+](N2CCCCC2)cc1. The molecule has 0 N–H and O–H groups in total. The van der Waals surface area contributed by atoms with Crippen molar-refractivity contribution in [2.75, 3.05) is 18.1 Å². The summed E-state index contributed by atoms with van der Waals surface area (Å²) in [5.74, 6) is 0. The van der Waals surface area contributed by atoms with E-state index in [0.29, 0.717) is 0 Å². The summed E-state index contributed by atoms with van der Waals surface area (Å²) in [6, 6.07) is 6.21. The number of pyridine rings is 1. The van der Waals surface area contributed by atoms with Crippen molar-refractivity contribution in [1.29, 1.82) is 0 Å². The van der Waals surface area contributed by atoms with Crippen molar-refractivity contribution in [3.63, 3.8) is 0 Å². The monoisotopic (exact) mass is 198 g/mol. The Morgan fingerprint density at radius 1 is 0.846 bits per heavy atom. The molecule has 2 nitrogen and oxygen atoms in total. The summed E-state index contributed by atoms with van der Waals surface area (Å²) in [5.41, 5.74) is 0. The molecule has 0 aromatic carbocycles. The first-order valence-corrected chi connectivity index (χ1v) is 4.68. The van der Waals surface area contributed by atoms with Crippen LogP contribution in [0.1, 0.15) is 19.3 Å². The molecule has 3 heteroatoms. The molecular weight excluding hydrogens is 184 g/mol. The molecule has 0 bridgehead atoms. The summed E-state index contributed by atoms with van der Waals surface area (Å²) in [7, 11) is 0. The first-order chi connectivity index (χ1) is 5.97. The Labute approximate surface area is 85.6 Å². The Morgan fingerprint density at radius 2 is 1.46 bits per heavy atom. The Bertz CT molecular complexity index is 232. The van der Waals surface area contributed by atoms with E-state index in [-0.39, 0.29) is 12.4 Å². The maximum atomic E-state index is 2.39. The Kier molecular flexibility index (Phi) is 4.03. The van der Waals surface area contributed by atoms with Gasteiger partial charge in [-0.15, -0.1) is 0 Å². The van der Waals surface area contributed by atoms with E-state index < -0.39 is 0 Å². The third-order valence-corrected chi connectivity index (χ3v) is 2.36. The van der Waals surface area contributed by atoms with Crippen LogP contribution >= 0.6 is 0 Å². The number of nitrogens with zero attached hydrogens (tertiary/aromatic N) is 2. The molecule has 0 amide bonds. The molecule has 13 heavy (non-hydrogen) atoms. The fourth-order valence-electron chi connectivity index (χ4n) is 1.69. The van der Waals surface area contributed by atoms with E-state index in [1.165, 1.54) is 32.4 Å². The van der Waals surface area contributed by atoms with E-state index in [0.717, 1.165) is 0 Å². The molecule has 2 heterocycles. The lowest BCUT2D eigenvalue weighted by atomic mass is 10.2. The highest BCUT2D eigenvalue weighted by atomic mass is 35.5. The molecule has 1 aliphatic rings. The van der Waals surface area contributed by atoms with Gasteiger partial charge in [-0.1, -0.05) is 10.7 Å². The normalized spacial score (nSPS) is 16.5. The Hall–Kier alpha value is -0.760. The average molecular weight is 199 g/mol. The molecule has 1 aromatic rings. The van der Waals surface area contributed by atoms with Crippen LogP contribution in [-0.4, -0.2) is 13.1 Å². The second kappa shape index (κ2) is 5.07. The molecule has 1 aromatic heterocycles. The van der Waals surface area contributed by atoms with Gasteiger partial charge < -0.3 is 12.4 Å². The molecule has 1 saturated heterocycles. The van der Waals surface area contributed by atoms with Crippen LogP contribution in [0.25, 0.3) is 0 Å². The van der Waals surface area contributed by atoms with Crippen molar-refractivity contribution in [1.82, 2.24) is 0 Å². The smallest absolute Gasteiger partial charge is 0.199 e. The van der Waals surface area contributed by atoms with Gasteiger partial charge in [0.2, 0.25) is 0 Å². The highest BCUT2D eigenvalue weighted by Gasteiger charge is 2.15. The largest absolute Gasteiger partial charge is 1.00 e. The van der Waals surface area contributed by atoms with Gasteiger partial charge in [0.05, 0.1) is 13.1 Å². The summed E-state index contributed by atoms with van der Waals surface area (Å²) in [6.45, 7) is 2.41. The van der Waals surface area contributed by atoms with Crippen molar-refractivity contribution < 1.29 is 17.1 Å². The lowest BCUT2D eigenvalue weighted by molar-refractivity contribution is -0.694. The van der Waals surface area contributed by atoms with Gasteiger partial charge >= 0.3 is 0 Å². The van der Waals surface area contributed by atoms with Crippen LogP contribution in [0.15, 0.2) is 30.6 Å². The summed E-state index contributed by atoms with van der Waals surface area (Å²) in [4.78, 5) is 0. The van der Waals surface area contributed by atoms with E-state index in [1.807, 2.05) is 0 Å². The molecule has 0 unspecified atom stereocenters. The maximum absolute atomic E-state index is 2.39. The minimum Gasteiger partial charge on any atom is -1.00 e. The summed E-state index contributed by atoms with van der Waals surface area (Å²) in [5, 5.41) is 2.39. The molecule has 0 atom stereocenters. The van der Waals surface area contributed by atoms with E-state index >= 15 is 0 Å². The number of aromatic nitrogens is 1. The summed E-state index contributed by atoms with van der Waals surface area (Å²) in [6.07, 6.45) is 8.30. The first kappa shape index (κ1) is 10.3. The van der Waals surface area contributed by atoms with Gasteiger partial charge in [0.25, 0.3) is 0 Å². The number of piperidine rings is 1. The fourth-order valence-corrected chi connectivity index (χ4v) is 1.69. The van der Waals surface area contributed by atoms with Gasteiger partial charge in [-0.3, -0.25) is 0 Å². The van der Waals surface area contributed by atoms with Crippen molar-refractivity contribution in [3.8, 4) is 0 Å². The van der Waals surface area contributed by atoms with Crippen LogP contribution in [0.3, 0.4) is 0 Å². The van der Waals surface area contributed by atoms with Gasteiger partial charge in [-0.25, -0.2) is 0 Å². The van der Waals surface area contributed by atoms with Gasteiger partial charge in [-0.2, -0.15) is 5.01 Å². The predicted molar refractivity (Wildman–Crippen MR) is 48.4 cm³/mol. The Balaban J connectivity index is 0.000000845. The highest BCUT2D eigenvalue weighted by molar-refractivity contribution is 4.86. The molecule has 72 valence electrons. The highest BCUT2D eigenvalue weighted by Crippen LogP contribution is 2.03. The number of rotatable bonds is 1. The van der Waals surface area contributed by atoms with Crippen molar-refractivity contribution >= 4 is 0 Å². The number of halogens is 1. The Morgan fingerprint density at radius 3 is 2.08 bits per heavy atom. The minimum atomic E-state index is 0. The lowest BCUT2D eigenvalue weighted by Crippen LogP contribution is -3.00. The van der Waals surface area contributed by atoms with Crippen LogP contribution in [0.5, 0.6) is 0 Å². The third kappa shape index (κ3) is 2.59. The molecule has 1 aliphatic heterocycles. The van der Waals surface area contributed by atoms with Crippen molar-refractivity contribution in [2.45, 2.75) is 19.3 Å². The zero-order chi connectivity index (χ0) is 8.23. The standard InChI is InChI=1S/C10H15N2.ClH/c1-3-7-11(8-4-1)12-9-5-2-6-10-12;/h1,3-4,7-8H,2,5-6,9-10H2;1H/q+1;/p-1. The summed E-state index contributed by atoms with van der Waals surface area (Å²) >= 11 is 0. The van der Waals surface area contributed by atoms with Crippen LogP contribution in [0.4, 0.5) is 0 Å². The average Bonchev–Trinajstić information content (AvgIpc) is 2.21. The second-order valence-electron chi connectivity index (χ2n) is 3.27. The van der Waals surface area contributed by atoms with Gasteiger partial charge in [0, 0.05) is 12.1 Å². The molecule has 1 fully saturated rings. The fraction of sp³-hybridized carbons (Fsp3) is 0.500. The van der Waals surface area contributed by atoms with Crippen LogP contribution in [0, 0.1) is 0 Å². The van der Waals surface area contributed by atoms with Gasteiger partial charge in [0.15, 0.2) is 12.4 Å². The zero-order valence-corrected chi connectivity index (χ0v) is 8.45. The summed E-state index contributed by atoms with van der Waals surface area (Å²) < 4.78 is 2.19. The van der Waals surface area contributed by atoms with Gasteiger partial charge in [0.1, 0.15) is 0 Å².